The molecule has 1 amide bonds. The van der Waals surface area contributed by atoms with Crippen LogP contribution in [0.2, 0.25) is 0 Å². The van der Waals surface area contributed by atoms with Gasteiger partial charge in [-0.1, -0.05) is 11.3 Å². The lowest BCUT2D eigenvalue weighted by molar-refractivity contribution is -0.384. The number of carbonyl (C=O) groups excluding carboxylic acids is 1. The summed E-state index contributed by atoms with van der Waals surface area (Å²) in [4.78, 5) is 31.0. The van der Waals surface area contributed by atoms with Crippen LogP contribution in [-0.4, -0.2) is 20.8 Å². The maximum absolute atomic E-state index is 12.2. The van der Waals surface area contributed by atoms with Gasteiger partial charge in [0, 0.05) is 23.4 Å². The van der Waals surface area contributed by atoms with Crippen LogP contribution in [0.15, 0.2) is 30.3 Å². The Morgan fingerprint density at radius 2 is 1.91 bits per heavy atom. The second-order valence-corrected chi connectivity index (χ2v) is 6.01. The summed E-state index contributed by atoms with van der Waals surface area (Å²) < 4.78 is 0.926. The number of pyridine rings is 1. The van der Waals surface area contributed by atoms with E-state index in [-0.39, 0.29) is 11.6 Å². The van der Waals surface area contributed by atoms with Crippen molar-refractivity contribution in [1.29, 1.82) is 0 Å². The largest absolute Gasteiger partial charge is 0.298 e. The van der Waals surface area contributed by atoms with Crippen molar-refractivity contribution in [2.75, 3.05) is 5.32 Å². The average molecular weight is 328 g/mol. The SMILES string of the molecule is Cc1cc(C)c2sc(NC(=O)c3ccc([N+](=O)[O-])cc3)nc2n1. The average Bonchev–Trinajstić information content (AvgIpc) is 2.90. The summed E-state index contributed by atoms with van der Waals surface area (Å²) in [6.45, 7) is 3.86. The summed E-state index contributed by atoms with van der Waals surface area (Å²) in [5, 5.41) is 13.8. The fourth-order valence-electron chi connectivity index (χ4n) is 2.18. The van der Waals surface area contributed by atoms with Gasteiger partial charge in [0.1, 0.15) is 0 Å². The lowest BCUT2D eigenvalue weighted by atomic mass is 10.2. The van der Waals surface area contributed by atoms with E-state index in [1.165, 1.54) is 35.6 Å². The number of nitro groups is 1. The third kappa shape index (κ3) is 3.02. The van der Waals surface area contributed by atoms with Gasteiger partial charge >= 0.3 is 0 Å². The number of anilines is 1. The van der Waals surface area contributed by atoms with Gasteiger partial charge in [-0.15, -0.1) is 0 Å². The number of fused-ring (bicyclic) bond motifs is 1. The fraction of sp³-hybridized carbons (Fsp3) is 0.133. The molecule has 3 rings (SSSR count). The molecule has 0 spiro atoms. The van der Waals surface area contributed by atoms with Gasteiger partial charge in [-0.2, -0.15) is 4.98 Å². The third-order valence-electron chi connectivity index (χ3n) is 3.24. The summed E-state index contributed by atoms with van der Waals surface area (Å²) in [7, 11) is 0. The van der Waals surface area contributed by atoms with Crippen molar-refractivity contribution in [2.24, 2.45) is 0 Å². The number of carbonyl (C=O) groups is 1. The van der Waals surface area contributed by atoms with E-state index in [2.05, 4.69) is 15.3 Å². The maximum atomic E-state index is 12.2. The minimum atomic E-state index is -0.508. The molecule has 23 heavy (non-hydrogen) atoms. The first-order chi connectivity index (χ1) is 10.9. The molecule has 0 radical (unpaired) electrons. The van der Waals surface area contributed by atoms with Gasteiger partial charge in [0.05, 0.1) is 9.62 Å². The molecule has 116 valence electrons. The van der Waals surface area contributed by atoms with Crippen LogP contribution in [0.3, 0.4) is 0 Å². The van der Waals surface area contributed by atoms with Crippen LogP contribution in [0.1, 0.15) is 21.6 Å². The highest BCUT2D eigenvalue weighted by atomic mass is 32.1. The van der Waals surface area contributed by atoms with Gasteiger partial charge in [0.2, 0.25) is 0 Å². The molecule has 2 aromatic heterocycles. The monoisotopic (exact) mass is 328 g/mol. The zero-order chi connectivity index (χ0) is 16.6. The van der Waals surface area contributed by atoms with Crippen LogP contribution in [0.4, 0.5) is 10.8 Å². The molecule has 8 heteroatoms. The number of amides is 1. The lowest BCUT2D eigenvalue weighted by Crippen LogP contribution is -2.11. The molecule has 2 heterocycles. The highest BCUT2D eigenvalue weighted by molar-refractivity contribution is 7.22. The molecule has 0 saturated carbocycles. The summed E-state index contributed by atoms with van der Waals surface area (Å²) in [6, 6.07) is 7.37. The zero-order valence-corrected chi connectivity index (χ0v) is 13.2. The predicted octanol–water partition coefficient (Wildman–Crippen LogP) is 3.47. The first kappa shape index (κ1) is 15.0. The minimum Gasteiger partial charge on any atom is -0.298 e. The molecule has 0 aliphatic rings. The summed E-state index contributed by atoms with van der Waals surface area (Å²) >= 11 is 1.35. The number of thiazole rings is 1. The number of hydrogen-bond acceptors (Lipinski definition) is 6. The van der Waals surface area contributed by atoms with Crippen LogP contribution < -0.4 is 5.32 Å². The van der Waals surface area contributed by atoms with Crippen molar-refractivity contribution >= 4 is 38.4 Å². The molecule has 0 fully saturated rings. The number of aryl methyl sites for hydroxylation is 2. The second-order valence-electron chi connectivity index (χ2n) is 5.01. The van der Waals surface area contributed by atoms with Crippen molar-refractivity contribution in [3.63, 3.8) is 0 Å². The minimum absolute atomic E-state index is 0.0585. The fourth-order valence-corrected chi connectivity index (χ4v) is 3.05. The molecule has 0 saturated heterocycles. The van der Waals surface area contributed by atoms with Crippen molar-refractivity contribution in [1.82, 2.24) is 9.97 Å². The van der Waals surface area contributed by atoms with E-state index in [1.54, 1.807) is 0 Å². The number of nitro benzene ring substituents is 1. The van der Waals surface area contributed by atoms with Gasteiger partial charge in [0.15, 0.2) is 10.8 Å². The zero-order valence-electron chi connectivity index (χ0n) is 12.4. The van der Waals surface area contributed by atoms with Crippen LogP contribution >= 0.6 is 11.3 Å². The van der Waals surface area contributed by atoms with Crippen LogP contribution in [0.25, 0.3) is 10.3 Å². The Morgan fingerprint density at radius 3 is 2.57 bits per heavy atom. The quantitative estimate of drug-likeness (QED) is 0.586. The van der Waals surface area contributed by atoms with E-state index in [9.17, 15) is 14.9 Å². The van der Waals surface area contributed by atoms with Crippen LogP contribution in [-0.2, 0) is 0 Å². The van der Waals surface area contributed by atoms with E-state index < -0.39 is 4.92 Å². The third-order valence-corrected chi connectivity index (χ3v) is 4.33. The molecule has 0 bridgehead atoms. The molecule has 0 aliphatic heterocycles. The van der Waals surface area contributed by atoms with Crippen LogP contribution in [0.5, 0.6) is 0 Å². The van der Waals surface area contributed by atoms with Crippen molar-refractivity contribution in [3.8, 4) is 0 Å². The van der Waals surface area contributed by atoms with Gasteiger partial charge < -0.3 is 0 Å². The molecule has 0 aliphatic carbocycles. The predicted molar refractivity (Wildman–Crippen MR) is 87.9 cm³/mol. The van der Waals surface area contributed by atoms with E-state index >= 15 is 0 Å². The van der Waals surface area contributed by atoms with Crippen molar-refractivity contribution in [2.45, 2.75) is 13.8 Å². The number of aromatic nitrogens is 2. The van der Waals surface area contributed by atoms with E-state index in [0.717, 1.165) is 16.0 Å². The Bertz CT molecular complexity index is 918. The summed E-state index contributed by atoms with van der Waals surface area (Å²) in [6.07, 6.45) is 0. The summed E-state index contributed by atoms with van der Waals surface area (Å²) in [5.74, 6) is -0.367. The Kier molecular flexibility index (Phi) is 3.75. The molecular formula is C15H12N4O3S. The first-order valence-corrected chi connectivity index (χ1v) is 7.56. The number of hydrogen-bond donors (Lipinski definition) is 1. The van der Waals surface area contributed by atoms with Gasteiger partial charge in [-0.05, 0) is 37.6 Å². The first-order valence-electron chi connectivity index (χ1n) is 6.74. The molecule has 7 nitrogen and oxygen atoms in total. The van der Waals surface area contributed by atoms with Crippen molar-refractivity contribution < 1.29 is 9.72 Å². The lowest BCUT2D eigenvalue weighted by Gasteiger charge is -2.00. The Hall–Kier alpha value is -2.87. The molecule has 3 aromatic rings. The van der Waals surface area contributed by atoms with E-state index in [4.69, 9.17) is 0 Å². The smallest absolute Gasteiger partial charge is 0.269 e. The number of nitrogens with zero attached hydrogens (tertiary/aromatic N) is 3. The van der Waals surface area contributed by atoms with Crippen LogP contribution in [0, 0.1) is 24.0 Å². The number of benzene rings is 1. The highest BCUT2D eigenvalue weighted by Crippen LogP contribution is 2.28. The Balaban J connectivity index is 1.85. The molecular weight excluding hydrogens is 316 g/mol. The second kappa shape index (κ2) is 5.73. The van der Waals surface area contributed by atoms with E-state index in [0.29, 0.717) is 16.3 Å². The standard InChI is InChI=1S/C15H12N4O3S/c1-8-7-9(2)16-13-12(8)23-15(17-13)18-14(20)10-3-5-11(6-4-10)19(21)22/h3-7H,1-2H3,(H,16,17,18,20). The molecule has 1 aromatic carbocycles. The van der Waals surface area contributed by atoms with Gasteiger partial charge in [-0.25, -0.2) is 4.98 Å². The normalized spacial score (nSPS) is 10.7. The highest BCUT2D eigenvalue weighted by Gasteiger charge is 2.13. The van der Waals surface area contributed by atoms with E-state index in [1.807, 2.05) is 19.9 Å². The number of nitrogens with one attached hydrogen (secondary N) is 1. The maximum Gasteiger partial charge on any atom is 0.269 e. The summed E-state index contributed by atoms with van der Waals surface area (Å²) in [5.41, 5.74) is 2.80. The Labute approximate surface area is 135 Å². The number of rotatable bonds is 3. The van der Waals surface area contributed by atoms with Crippen molar-refractivity contribution in [3.05, 3.63) is 57.3 Å². The Morgan fingerprint density at radius 1 is 1.22 bits per heavy atom. The molecule has 0 unspecified atom stereocenters. The topological polar surface area (TPSA) is 98.0 Å². The van der Waals surface area contributed by atoms with Gasteiger partial charge in [0.25, 0.3) is 11.6 Å². The molecule has 1 N–H and O–H groups in total. The van der Waals surface area contributed by atoms with Gasteiger partial charge in [-0.3, -0.25) is 20.2 Å². The molecule has 0 atom stereocenters. The number of non-ortho nitro benzene ring substituents is 1.